The molecule has 0 unspecified atom stereocenters. The minimum Gasteiger partial charge on any atom is -0.311 e. The Hall–Kier alpha value is -4.53. The predicted octanol–water partition coefficient (Wildman–Crippen LogP) is 12.5. The molecule has 1 aliphatic rings. The van der Waals surface area contributed by atoms with Crippen molar-refractivity contribution in [1.29, 1.82) is 0 Å². The highest BCUT2D eigenvalue weighted by atomic mass is 32.3. The van der Waals surface area contributed by atoms with E-state index in [0.717, 1.165) is 5.69 Å². The van der Waals surface area contributed by atoms with Crippen LogP contribution in [0, 0.1) is 0 Å². The molecule has 0 N–H and O–H groups in total. The molecule has 6 aromatic carbocycles. The van der Waals surface area contributed by atoms with E-state index in [2.05, 4.69) is 175 Å². The van der Waals surface area contributed by atoms with Crippen LogP contribution >= 0.6 is 10.0 Å². The molecular formula is C42H39NS. The van der Waals surface area contributed by atoms with Crippen LogP contribution in [0.2, 0.25) is 0 Å². The number of nitrogens with zero attached hydrogens (tertiary/aromatic N) is 1. The molecular weight excluding hydrogens is 551 g/mol. The van der Waals surface area contributed by atoms with Crippen molar-refractivity contribution in [3.63, 3.8) is 0 Å². The second kappa shape index (κ2) is 13.0. The molecule has 0 aliphatic heterocycles. The van der Waals surface area contributed by atoms with Gasteiger partial charge in [0, 0.05) is 36.6 Å². The van der Waals surface area contributed by atoms with Crippen molar-refractivity contribution in [2.75, 3.05) is 4.90 Å². The van der Waals surface area contributed by atoms with E-state index in [0.29, 0.717) is 5.92 Å². The average molecular weight is 590 g/mol. The third-order valence-electron chi connectivity index (χ3n) is 8.98. The molecule has 0 spiro atoms. The lowest BCUT2D eigenvalue weighted by Gasteiger charge is -2.42. The van der Waals surface area contributed by atoms with Crippen LogP contribution in [0.15, 0.2) is 189 Å². The van der Waals surface area contributed by atoms with Crippen molar-refractivity contribution < 1.29 is 0 Å². The summed E-state index contributed by atoms with van der Waals surface area (Å²) in [4.78, 5) is 7.72. The van der Waals surface area contributed by atoms with E-state index in [1.807, 2.05) is 0 Å². The summed E-state index contributed by atoms with van der Waals surface area (Å²) in [7, 11) is -1.72. The van der Waals surface area contributed by atoms with Gasteiger partial charge in [0.25, 0.3) is 0 Å². The van der Waals surface area contributed by atoms with Gasteiger partial charge in [-0.2, -0.15) is 0 Å². The van der Waals surface area contributed by atoms with Gasteiger partial charge in [0.15, 0.2) is 0 Å². The van der Waals surface area contributed by atoms with Crippen molar-refractivity contribution in [3.8, 4) is 0 Å². The largest absolute Gasteiger partial charge is 0.311 e. The first-order valence-electron chi connectivity index (χ1n) is 15.9. The van der Waals surface area contributed by atoms with Gasteiger partial charge in [-0.25, -0.2) is 0 Å². The molecule has 1 fully saturated rings. The molecule has 1 nitrogen and oxygen atoms in total. The second-order valence-corrected chi connectivity index (χ2v) is 14.8. The van der Waals surface area contributed by atoms with Gasteiger partial charge in [0.05, 0.1) is 0 Å². The lowest BCUT2D eigenvalue weighted by Crippen LogP contribution is -2.11. The quantitative estimate of drug-likeness (QED) is 0.171. The number of rotatable bonds is 8. The second-order valence-electron chi connectivity index (χ2n) is 11.6. The van der Waals surface area contributed by atoms with Crippen molar-refractivity contribution in [2.24, 2.45) is 0 Å². The molecule has 0 bridgehead atoms. The molecule has 44 heavy (non-hydrogen) atoms. The van der Waals surface area contributed by atoms with Gasteiger partial charge in [0.1, 0.15) is 0 Å². The monoisotopic (exact) mass is 589 g/mol. The zero-order chi connectivity index (χ0) is 29.6. The van der Waals surface area contributed by atoms with Gasteiger partial charge >= 0.3 is 0 Å². The summed E-state index contributed by atoms with van der Waals surface area (Å²) < 4.78 is 0. The summed E-state index contributed by atoms with van der Waals surface area (Å²) in [5, 5.41) is 0. The van der Waals surface area contributed by atoms with Crippen LogP contribution in [0.25, 0.3) is 0 Å². The van der Waals surface area contributed by atoms with Gasteiger partial charge in [-0.1, -0.05) is 104 Å². The first kappa shape index (κ1) is 28.3. The van der Waals surface area contributed by atoms with Gasteiger partial charge in [-0.3, -0.25) is 0 Å². The Kier molecular flexibility index (Phi) is 8.34. The summed E-state index contributed by atoms with van der Waals surface area (Å²) in [5.74, 6) is 0.701. The summed E-state index contributed by atoms with van der Waals surface area (Å²) in [6.45, 7) is 0. The summed E-state index contributed by atoms with van der Waals surface area (Å²) in [5.41, 5.74) is 5.00. The Morgan fingerprint density at radius 1 is 0.364 bits per heavy atom. The van der Waals surface area contributed by atoms with Crippen LogP contribution in [-0.4, -0.2) is 0 Å². The zero-order valence-electron chi connectivity index (χ0n) is 25.1. The number of benzene rings is 6. The van der Waals surface area contributed by atoms with Gasteiger partial charge in [-0.05, 0) is 109 Å². The third kappa shape index (κ3) is 5.47. The van der Waals surface area contributed by atoms with Crippen LogP contribution in [0.4, 0.5) is 17.1 Å². The standard InChI is InChI=1S/C42H39NS/c1-6-16-34(17-7-1)35-26-28-37(29-27-35)43(36-18-8-2-9-19-36)38-30-32-42(33-31-38)44(39-20-10-3-11-21-39,40-22-12-4-13-23-40)41-24-14-5-15-25-41/h2-5,8-15,18-34H,1,6-7,16-17H2. The molecule has 0 heterocycles. The summed E-state index contributed by atoms with van der Waals surface area (Å²) >= 11 is 0. The molecule has 0 saturated heterocycles. The highest BCUT2D eigenvalue weighted by Gasteiger charge is 2.33. The van der Waals surface area contributed by atoms with E-state index in [9.17, 15) is 0 Å². The van der Waals surface area contributed by atoms with E-state index in [-0.39, 0.29) is 0 Å². The molecule has 218 valence electrons. The number of anilines is 3. The fraction of sp³-hybridized carbons (Fsp3) is 0.143. The van der Waals surface area contributed by atoms with Gasteiger partial charge in [-0.15, -0.1) is 10.0 Å². The molecule has 0 amide bonds. The van der Waals surface area contributed by atoms with Crippen LogP contribution in [0.3, 0.4) is 0 Å². The summed E-state index contributed by atoms with van der Waals surface area (Å²) in [6, 6.07) is 62.7. The SMILES string of the molecule is c1ccc(N(c2ccc(C3CCCCC3)cc2)c2ccc(S(c3ccccc3)(c3ccccc3)c3ccccc3)cc2)cc1. The summed E-state index contributed by atoms with van der Waals surface area (Å²) in [6.07, 6.45) is 6.73. The molecule has 2 heteroatoms. The van der Waals surface area contributed by atoms with Crippen molar-refractivity contribution in [3.05, 3.63) is 175 Å². The maximum atomic E-state index is 2.39. The number of hydrogen-bond donors (Lipinski definition) is 0. The van der Waals surface area contributed by atoms with E-state index in [1.54, 1.807) is 0 Å². The molecule has 0 radical (unpaired) electrons. The molecule has 7 rings (SSSR count). The fourth-order valence-electron chi connectivity index (χ4n) is 6.85. The first-order chi connectivity index (χ1) is 21.8. The van der Waals surface area contributed by atoms with Crippen molar-refractivity contribution in [2.45, 2.75) is 57.6 Å². The van der Waals surface area contributed by atoms with E-state index >= 15 is 0 Å². The Bertz CT molecular complexity index is 1650. The minimum absolute atomic E-state index is 0.701. The van der Waals surface area contributed by atoms with Crippen LogP contribution in [0.1, 0.15) is 43.6 Å². The van der Waals surface area contributed by atoms with E-state index in [4.69, 9.17) is 0 Å². The molecule has 1 aliphatic carbocycles. The lowest BCUT2D eigenvalue weighted by atomic mass is 9.84. The van der Waals surface area contributed by atoms with Crippen LogP contribution in [0.5, 0.6) is 0 Å². The van der Waals surface area contributed by atoms with Crippen molar-refractivity contribution in [1.82, 2.24) is 0 Å². The zero-order valence-corrected chi connectivity index (χ0v) is 26.0. The Balaban J connectivity index is 1.35. The fourth-order valence-corrected chi connectivity index (χ4v) is 10.7. The maximum absolute atomic E-state index is 2.39. The number of para-hydroxylation sites is 1. The minimum atomic E-state index is -1.72. The number of hydrogen-bond acceptors (Lipinski definition) is 1. The molecule has 1 saturated carbocycles. The maximum Gasteiger partial charge on any atom is 0.0462 e. The van der Waals surface area contributed by atoms with Crippen LogP contribution < -0.4 is 4.90 Å². The van der Waals surface area contributed by atoms with Crippen molar-refractivity contribution >= 4 is 27.1 Å². The third-order valence-corrected chi connectivity index (χ3v) is 12.9. The molecule has 0 aromatic heterocycles. The highest BCUT2D eigenvalue weighted by Crippen LogP contribution is 2.73. The van der Waals surface area contributed by atoms with E-state index in [1.165, 1.54) is 68.6 Å². The van der Waals surface area contributed by atoms with Gasteiger partial charge < -0.3 is 4.90 Å². The average Bonchev–Trinajstić information content (AvgIpc) is 3.12. The normalized spacial score (nSPS) is 14.2. The highest BCUT2D eigenvalue weighted by molar-refractivity contribution is 8.34. The Labute approximate surface area is 264 Å². The molecule has 0 atom stereocenters. The van der Waals surface area contributed by atoms with Gasteiger partial charge in [0.2, 0.25) is 0 Å². The predicted molar refractivity (Wildman–Crippen MR) is 187 cm³/mol. The smallest absolute Gasteiger partial charge is 0.0462 e. The topological polar surface area (TPSA) is 3.24 Å². The molecule has 6 aromatic rings. The Morgan fingerprint density at radius 2 is 0.727 bits per heavy atom. The lowest BCUT2D eigenvalue weighted by molar-refractivity contribution is 0.443. The first-order valence-corrected chi connectivity index (χ1v) is 17.5. The van der Waals surface area contributed by atoms with E-state index < -0.39 is 10.0 Å². The Morgan fingerprint density at radius 3 is 1.18 bits per heavy atom. The van der Waals surface area contributed by atoms with Crippen LogP contribution in [-0.2, 0) is 0 Å².